The van der Waals surface area contributed by atoms with E-state index >= 15 is 0 Å². The maximum Gasteiger partial charge on any atom is 0.0950 e. The summed E-state index contributed by atoms with van der Waals surface area (Å²) >= 11 is 0. The van der Waals surface area contributed by atoms with Crippen LogP contribution < -0.4 is 0 Å². The van der Waals surface area contributed by atoms with Crippen LogP contribution in [0, 0.1) is 6.92 Å². The lowest BCUT2D eigenvalue weighted by molar-refractivity contribution is 0.0838. The first-order valence-electron chi connectivity index (χ1n) is 7.94. The van der Waals surface area contributed by atoms with E-state index in [1.165, 1.54) is 0 Å². The maximum atomic E-state index is 9.96. The van der Waals surface area contributed by atoms with Gasteiger partial charge in [-0.05, 0) is 32.5 Å². The van der Waals surface area contributed by atoms with Crippen molar-refractivity contribution >= 4 is 0 Å². The summed E-state index contributed by atoms with van der Waals surface area (Å²) in [4.78, 5) is 4.90. The van der Waals surface area contributed by atoms with Gasteiger partial charge in [0.2, 0.25) is 0 Å². The summed E-state index contributed by atoms with van der Waals surface area (Å²) in [5.74, 6) is 0. The standard InChI is InChI=1S/C15H26N4O2/c1-13-3-6-19(16-13)10-8-17-4-2-5-18(9-7-17)14-11-21-12-15(14)20/h3,6,14-15,20H,2,4-5,7-12H2,1H3/t14-,15-/m0/s1. The third-order valence-corrected chi connectivity index (χ3v) is 4.53. The van der Waals surface area contributed by atoms with Crippen LogP contribution in [0.3, 0.4) is 0 Å². The fourth-order valence-corrected chi connectivity index (χ4v) is 3.26. The molecular weight excluding hydrogens is 268 g/mol. The number of rotatable bonds is 4. The van der Waals surface area contributed by atoms with Crippen molar-refractivity contribution in [2.24, 2.45) is 0 Å². The summed E-state index contributed by atoms with van der Waals surface area (Å²) in [6.07, 6.45) is 2.89. The van der Waals surface area contributed by atoms with E-state index in [4.69, 9.17) is 4.74 Å². The molecule has 0 aliphatic carbocycles. The Hall–Kier alpha value is -0.950. The second-order valence-corrected chi connectivity index (χ2v) is 6.12. The van der Waals surface area contributed by atoms with Gasteiger partial charge in [0.1, 0.15) is 0 Å². The van der Waals surface area contributed by atoms with Crippen LogP contribution in [-0.2, 0) is 11.3 Å². The third kappa shape index (κ3) is 3.83. The van der Waals surface area contributed by atoms with Gasteiger partial charge in [-0.25, -0.2) is 0 Å². The highest BCUT2D eigenvalue weighted by Gasteiger charge is 2.32. The van der Waals surface area contributed by atoms with Crippen LogP contribution in [-0.4, -0.2) is 82.8 Å². The monoisotopic (exact) mass is 294 g/mol. The molecule has 118 valence electrons. The minimum absolute atomic E-state index is 0.193. The van der Waals surface area contributed by atoms with E-state index in [0.717, 1.165) is 51.4 Å². The van der Waals surface area contributed by atoms with Crippen LogP contribution in [0.15, 0.2) is 12.3 Å². The van der Waals surface area contributed by atoms with Crippen LogP contribution in [0.5, 0.6) is 0 Å². The van der Waals surface area contributed by atoms with Gasteiger partial charge in [-0.3, -0.25) is 9.58 Å². The summed E-state index contributed by atoms with van der Waals surface area (Å²) in [6, 6.07) is 2.24. The zero-order valence-electron chi connectivity index (χ0n) is 12.8. The number of hydrogen-bond donors (Lipinski definition) is 1. The normalized spacial score (nSPS) is 28.9. The first-order valence-corrected chi connectivity index (χ1v) is 7.94. The lowest BCUT2D eigenvalue weighted by Gasteiger charge is -2.28. The number of aliphatic hydroxyl groups is 1. The minimum atomic E-state index is -0.316. The van der Waals surface area contributed by atoms with Crippen molar-refractivity contribution in [1.82, 2.24) is 19.6 Å². The predicted molar refractivity (Wildman–Crippen MR) is 80.2 cm³/mol. The Morgan fingerprint density at radius 2 is 2.14 bits per heavy atom. The van der Waals surface area contributed by atoms with Crippen LogP contribution in [0.2, 0.25) is 0 Å². The van der Waals surface area contributed by atoms with Crippen LogP contribution in [0.4, 0.5) is 0 Å². The van der Waals surface area contributed by atoms with E-state index in [9.17, 15) is 5.11 Å². The highest BCUT2D eigenvalue weighted by Crippen LogP contribution is 2.15. The fraction of sp³-hybridized carbons (Fsp3) is 0.800. The van der Waals surface area contributed by atoms with Crippen molar-refractivity contribution in [2.75, 3.05) is 45.9 Å². The number of aromatic nitrogens is 2. The molecule has 2 fully saturated rings. The number of aryl methyl sites for hydroxylation is 1. The molecule has 0 saturated carbocycles. The van der Waals surface area contributed by atoms with Gasteiger partial charge < -0.3 is 14.7 Å². The molecule has 0 unspecified atom stereocenters. The van der Waals surface area contributed by atoms with E-state index in [0.29, 0.717) is 13.2 Å². The Morgan fingerprint density at radius 3 is 2.86 bits per heavy atom. The quantitative estimate of drug-likeness (QED) is 0.844. The highest BCUT2D eigenvalue weighted by molar-refractivity contribution is 4.94. The number of aliphatic hydroxyl groups excluding tert-OH is 1. The van der Waals surface area contributed by atoms with Gasteiger partial charge in [0, 0.05) is 25.8 Å². The summed E-state index contributed by atoms with van der Waals surface area (Å²) in [5.41, 5.74) is 1.08. The molecule has 2 saturated heterocycles. The van der Waals surface area contributed by atoms with Crippen LogP contribution in [0.25, 0.3) is 0 Å². The highest BCUT2D eigenvalue weighted by atomic mass is 16.5. The maximum absolute atomic E-state index is 9.96. The van der Waals surface area contributed by atoms with Crippen molar-refractivity contribution < 1.29 is 9.84 Å². The van der Waals surface area contributed by atoms with Gasteiger partial charge in [-0.2, -0.15) is 5.10 Å². The average molecular weight is 294 g/mol. The molecule has 21 heavy (non-hydrogen) atoms. The van der Waals surface area contributed by atoms with Gasteiger partial charge in [0.25, 0.3) is 0 Å². The molecule has 0 aromatic carbocycles. The van der Waals surface area contributed by atoms with Crippen molar-refractivity contribution in [1.29, 1.82) is 0 Å². The van der Waals surface area contributed by atoms with Gasteiger partial charge >= 0.3 is 0 Å². The van der Waals surface area contributed by atoms with E-state index in [2.05, 4.69) is 14.9 Å². The average Bonchev–Trinajstić information content (AvgIpc) is 3.00. The van der Waals surface area contributed by atoms with E-state index in [1.807, 2.05) is 23.9 Å². The largest absolute Gasteiger partial charge is 0.389 e. The predicted octanol–water partition coefficient (Wildman–Crippen LogP) is -0.0411. The lowest BCUT2D eigenvalue weighted by atomic mass is 10.2. The van der Waals surface area contributed by atoms with Crippen molar-refractivity contribution in [3.05, 3.63) is 18.0 Å². The van der Waals surface area contributed by atoms with Gasteiger partial charge in [0.15, 0.2) is 0 Å². The zero-order chi connectivity index (χ0) is 14.7. The van der Waals surface area contributed by atoms with E-state index in [1.54, 1.807) is 0 Å². The molecule has 0 spiro atoms. The SMILES string of the molecule is Cc1ccn(CCN2CCCN([C@H]3COC[C@@H]3O)CC2)n1. The van der Waals surface area contributed by atoms with Gasteiger partial charge in [-0.15, -0.1) is 0 Å². The molecule has 6 heteroatoms. The summed E-state index contributed by atoms with van der Waals surface area (Å²) in [5, 5.41) is 14.4. The Balaban J connectivity index is 1.46. The molecule has 3 rings (SSSR count). The summed E-state index contributed by atoms with van der Waals surface area (Å²) < 4.78 is 7.40. The van der Waals surface area contributed by atoms with E-state index < -0.39 is 0 Å². The third-order valence-electron chi connectivity index (χ3n) is 4.53. The fourth-order valence-electron chi connectivity index (χ4n) is 3.26. The molecule has 1 aromatic rings. The Bertz CT molecular complexity index is 451. The molecule has 3 heterocycles. The molecule has 2 aliphatic rings. The number of hydrogen-bond acceptors (Lipinski definition) is 5. The van der Waals surface area contributed by atoms with Crippen LogP contribution >= 0.6 is 0 Å². The minimum Gasteiger partial charge on any atom is -0.389 e. The van der Waals surface area contributed by atoms with Crippen molar-refractivity contribution in [3.8, 4) is 0 Å². The molecule has 6 nitrogen and oxygen atoms in total. The Morgan fingerprint density at radius 1 is 1.24 bits per heavy atom. The molecule has 2 aliphatic heterocycles. The zero-order valence-corrected chi connectivity index (χ0v) is 12.8. The first kappa shape index (κ1) is 15.0. The van der Waals surface area contributed by atoms with Crippen molar-refractivity contribution in [3.63, 3.8) is 0 Å². The molecule has 1 N–H and O–H groups in total. The van der Waals surface area contributed by atoms with Gasteiger partial charge in [0.05, 0.1) is 37.6 Å². The Kier molecular flexibility index (Phi) is 4.90. The summed E-state index contributed by atoms with van der Waals surface area (Å²) in [7, 11) is 0. The second-order valence-electron chi connectivity index (χ2n) is 6.12. The Labute approximate surface area is 126 Å². The molecule has 1 aromatic heterocycles. The second kappa shape index (κ2) is 6.87. The van der Waals surface area contributed by atoms with Crippen molar-refractivity contribution in [2.45, 2.75) is 32.0 Å². The number of nitrogens with zero attached hydrogens (tertiary/aromatic N) is 4. The summed E-state index contributed by atoms with van der Waals surface area (Å²) in [6.45, 7) is 9.43. The van der Waals surface area contributed by atoms with Crippen LogP contribution in [0.1, 0.15) is 12.1 Å². The molecule has 0 amide bonds. The molecule has 0 bridgehead atoms. The smallest absolute Gasteiger partial charge is 0.0950 e. The van der Waals surface area contributed by atoms with Gasteiger partial charge in [-0.1, -0.05) is 0 Å². The number of ether oxygens (including phenoxy) is 1. The topological polar surface area (TPSA) is 53.8 Å². The molecule has 2 atom stereocenters. The molecule has 0 radical (unpaired) electrons. The first-order chi connectivity index (χ1) is 10.2. The lowest BCUT2D eigenvalue weighted by Crippen LogP contribution is -2.45. The molecular formula is C15H26N4O2. The van der Waals surface area contributed by atoms with E-state index in [-0.39, 0.29) is 12.1 Å².